The quantitative estimate of drug-likeness (QED) is 0.428. The fraction of sp³-hybridized carbons (Fsp3) is 0.462. The molecule has 0 fully saturated rings. The maximum atomic E-state index is 2.54. The van der Waals surface area contributed by atoms with Gasteiger partial charge in [0.15, 0.2) is 0 Å². The predicted molar refractivity (Wildman–Crippen MR) is 117 cm³/mol. The van der Waals surface area contributed by atoms with Crippen molar-refractivity contribution in [3.8, 4) is 0 Å². The molecule has 26 heavy (non-hydrogen) atoms. The Morgan fingerprint density at radius 1 is 0.731 bits per heavy atom. The molecule has 2 aromatic carbocycles. The van der Waals surface area contributed by atoms with Gasteiger partial charge in [-0.3, -0.25) is 0 Å². The van der Waals surface area contributed by atoms with Crippen LogP contribution in [0.1, 0.15) is 83.3 Å². The molecule has 0 spiro atoms. The van der Waals surface area contributed by atoms with Crippen LogP contribution in [-0.2, 0) is 6.42 Å². The zero-order valence-corrected chi connectivity index (χ0v) is 16.9. The standard InChI is InChI=1S/C26H34/c1-4-7-12-20-18-22(13-8-5-2)26(19-20)25-17-16-21(11-6-3)23-14-9-10-15-24(23)25/h9-10,14-18H,4-8,11-13,19H2,1-3H3. The maximum Gasteiger partial charge on any atom is -0.00550 e. The lowest BCUT2D eigenvalue weighted by Crippen LogP contribution is -1.93. The Morgan fingerprint density at radius 2 is 1.46 bits per heavy atom. The van der Waals surface area contributed by atoms with Gasteiger partial charge in [-0.05, 0) is 71.6 Å². The second-order valence-electron chi connectivity index (χ2n) is 7.76. The number of unbranched alkanes of at least 4 members (excludes halogenated alkanes) is 2. The first-order chi connectivity index (χ1) is 12.8. The lowest BCUT2D eigenvalue weighted by molar-refractivity contribution is 0.779. The summed E-state index contributed by atoms with van der Waals surface area (Å²) in [5.41, 5.74) is 7.83. The highest BCUT2D eigenvalue weighted by molar-refractivity contribution is 5.97. The Bertz CT molecular complexity index is 804. The molecular formula is C26H34. The average Bonchev–Trinajstić information content (AvgIpc) is 3.08. The van der Waals surface area contributed by atoms with Crippen LogP contribution >= 0.6 is 0 Å². The van der Waals surface area contributed by atoms with Gasteiger partial charge in [0.2, 0.25) is 0 Å². The molecule has 0 saturated carbocycles. The zero-order valence-electron chi connectivity index (χ0n) is 16.9. The molecular weight excluding hydrogens is 312 g/mol. The first-order valence-electron chi connectivity index (χ1n) is 10.7. The minimum absolute atomic E-state index is 1.16. The van der Waals surface area contributed by atoms with Gasteiger partial charge in [0.1, 0.15) is 0 Å². The second kappa shape index (κ2) is 9.21. The number of allylic oxidation sites excluding steroid dienone is 4. The van der Waals surface area contributed by atoms with E-state index >= 15 is 0 Å². The van der Waals surface area contributed by atoms with Gasteiger partial charge in [0.25, 0.3) is 0 Å². The number of hydrogen-bond acceptors (Lipinski definition) is 0. The minimum atomic E-state index is 1.16. The van der Waals surface area contributed by atoms with Gasteiger partial charge in [0.05, 0.1) is 0 Å². The van der Waals surface area contributed by atoms with Crippen LogP contribution < -0.4 is 0 Å². The van der Waals surface area contributed by atoms with Gasteiger partial charge < -0.3 is 0 Å². The van der Waals surface area contributed by atoms with Crippen molar-refractivity contribution in [2.75, 3.05) is 0 Å². The predicted octanol–water partition coefficient (Wildman–Crippen LogP) is 8.26. The lowest BCUT2D eigenvalue weighted by atomic mass is 9.90. The normalized spacial score (nSPS) is 14.3. The molecule has 0 amide bonds. The second-order valence-corrected chi connectivity index (χ2v) is 7.76. The lowest BCUT2D eigenvalue weighted by Gasteiger charge is -2.14. The van der Waals surface area contributed by atoms with E-state index < -0.39 is 0 Å². The van der Waals surface area contributed by atoms with E-state index in [1.165, 1.54) is 73.3 Å². The monoisotopic (exact) mass is 346 g/mol. The van der Waals surface area contributed by atoms with E-state index in [2.05, 4.69) is 63.2 Å². The van der Waals surface area contributed by atoms with Gasteiger partial charge in [-0.1, -0.05) is 88.1 Å². The molecule has 0 aliphatic heterocycles. The van der Waals surface area contributed by atoms with Gasteiger partial charge in [-0.15, -0.1) is 0 Å². The molecule has 0 heteroatoms. The number of fused-ring (bicyclic) bond motifs is 1. The average molecular weight is 347 g/mol. The van der Waals surface area contributed by atoms with Crippen LogP contribution in [0.3, 0.4) is 0 Å². The summed E-state index contributed by atoms with van der Waals surface area (Å²) in [7, 11) is 0. The van der Waals surface area contributed by atoms with Crippen molar-refractivity contribution in [3.05, 3.63) is 64.7 Å². The summed E-state index contributed by atoms with van der Waals surface area (Å²) in [6.07, 6.45) is 13.7. The first kappa shape index (κ1) is 19.0. The maximum absolute atomic E-state index is 2.54. The van der Waals surface area contributed by atoms with Crippen LogP contribution in [-0.4, -0.2) is 0 Å². The van der Waals surface area contributed by atoms with E-state index in [1.54, 1.807) is 16.7 Å². The summed E-state index contributed by atoms with van der Waals surface area (Å²) in [5.74, 6) is 0. The molecule has 0 aromatic heterocycles. The van der Waals surface area contributed by atoms with E-state index in [0.717, 1.165) is 6.42 Å². The van der Waals surface area contributed by atoms with E-state index in [4.69, 9.17) is 0 Å². The van der Waals surface area contributed by atoms with E-state index in [-0.39, 0.29) is 0 Å². The smallest absolute Gasteiger partial charge is 0.00550 e. The van der Waals surface area contributed by atoms with E-state index in [9.17, 15) is 0 Å². The third-order valence-corrected chi connectivity index (χ3v) is 5.68. The number of aryl methyl sites for hydroxylation is 1. The van der Waals surface area contributed by atoms with E-state index in [1.807, 2.05) is 0 Å². The molecule has 0 N–H and O–H groups in total. The van der Waals surface area contributed by atoms with Crippen molar-refractivity contribution in [2.45, 2.75) is 78.6 Å². The Morgan fingerprint density at radius 3 is 2.19 bits per heavy atom. The van der Waals surface area contributed by atoms with Crippen LogP contribution in [0, 0.1) is 0 Å². The highest BCUT2D eigenvalue weighted by atomic mass is 14.2. The number of hydrogen-bond donors (Lipinski definition) is 0. The molecule has 1 aliphatic carbocycles. The molecule has 0 unspecified atom stereocenters. The van der Waals surface area contributed by atoms with Crippen molar-refractivity contribution in [1.82, 2.24) is 0 Å². The van der Waals surface area contributed by atoms with Crippen molar-refractivity contribution < 1.29 is 0 Å². The largest absolute Gasteiger partial charge is 0.0655 e. The number of benzene rings is 2. The Balaban J connectivity index is 2.02. The third kappa shape index (κ3) is 4.11. The molecule has 0 bridgehead atoms. The summed E-state index contributed by atoms with van der Waals surface area (Å²) in [4.78, 5) is 0. The molecule has 0 nitrogen and oxygen atoms in total. The van der Waals surface area contributed by atoms with Gasteiger partial charge in [0, 0.05) is 0 Å². The molecule has 0 heterocycles. The SMILES string of the molecule is CCCCC1=CC(CCCC)=C(c2ccc(CCC)c3ccccc23)C1. The van der Waals surface area contributed by atoms with Crippen LogP contribution in [0.4, 0.5) is 0 Å². The molecule has 138 valence electrons. The minimum Gasteiger partial charge on any atom is -0.0655 e. The van der Waals surface area contributed by atoms with Crippen LogP contribution in [0.2, 0.25) is 0 Å². The highest BCUT2D eigenvalue weighted by Gasteiger charge is 2.19. The molecule has 2 aromatic rings. The summed E-state index contributed by atoms with van der Waals surface area (Å²) in [6, 6.07) is 13.8. The fourth-order valence-corrected chi connectivity index (χ4v) is 4.26. The van der Waals surface area contributed by atoms with Crippen LogP contribution in [0.5, 0.6) is 0 Å². The molecule has 1 aliphatic rings. The van der Waals surface area contributed by atoms with Gasteiger partial charge in [-0.25, -0.2) is 0 Å². The Labute approximate surface area is 160 Å². The third-order valence-electron chi connectivity index (χ3n) is 5.68. The fourth-order valence-electron chi connectivity index (χ4n) is 4.26. The topological polar surface area (TPSA) is 0 Å². The van der Waals surface area contributed by atoms with Crippen LogP contribution in [0.25, 0.3) is 16.3 Å². The summed E-state index contributed by atoms with van der Waals surface area (Å²) in [5, 5.41) is 2.91. The summed E-state index contributed by atoms with van der Waals surface area (Å²) >= 11 is 0. The molecule has 3 rings (SSSR count). The van der Waals surface area contributed by atoms with Gasteiger partial charge >= 0.3 is 0 Å². The summed E-state index contributed by atoms with van der Waals surface area (Å²) in [6.45, 7) is 6.86. The van der Waals surface area contributed by atoms with Gasteiger partial charge in [-0.2, -0.15) is 0 Å². The summed E-state index contributed by atoms with van der Waals surface area (Å²) < 4.78 is 0. The first-order valence-corrected chi connectivity index (χ1v) is 10.7. The molecule has 0 atom stereocenters. The number of rotatable bonds is 9. The Hall–Kier alpha value is -1.82. The van der Waals surface area contributed by atoms with Crippen molar-refractivity contribution in [2.24, 2.45) is 0 Å². The Kier molecular flexibility index (Phi) is 6.72. The van der Waals surface area contributed by atoms with Crippen molar-refractivity contribution >= 4 is 16.3 Å². The van der Waals surface area contributed by atoms with Crippen molar-refractivity contribution in [3.63, 3.8) is 0 Å². The zero-order chi connectivity index (χ0) is 18.4. The van der Waals surface area contributed by atoms with E-state index in [0.29, 0.717) is 0 Å². The molecule has 0 saturated heterocycles. The molecule has 0 radical (unpaired) electrons. The van der Waals surface area contributed by atoms with Crippen LogP contribution in [0.15, 0.2) is 53.6 Å². The van der Waals surface area contributed by atoms with Crippen molar-refractivity contribution in [1.29, 1.82) is 0 Å². The highest BCUT2D eigenvalue weighted by Crippen LogP contribution is 2.40.